The van der Waals surface area contributed by atoms with Crippen LogP contribution < -0.4 is 0 Å². The van der Waals surface area contributed by atoms with Crippen molar-refractivity contribution in [2.24, 2.45) is 0 Å². The Balaban J connectivity index is 1.70. The highest BCUT2D eigenvalue weighted by molar-refractivity contribution is 6.10. The van der Waals surface area contributed by atoms with Gasteiger partial charge in [0, 0.05) is 32.4 Å². The highest BCUT2D eigenvalue weighted by atomic mass is 16.8. The Morgan fingerprint density at radius 2 is 1.77 bits per heavy atom. The summed E-state index contributed by atoms with van der Waals surface area (Å²) in [5, 5.41) is 0. The summed E-state index contributed by atoms with van der Waals surface area (Å²) < 4.78 is 41.7. The van der Waals surface area contributed by atoms with E-state index < -0.39 is 12.6 Å². The lowest BCUT2D eigenvalue weighted by Gasteiger charge is -2.40. The van der Waals surface area contributed by atoms with Crippen molar-refractivity contribution in [2.75, 3.05) is 27.4 Å². The van der Waals surface area contributed by atoms with E-state index in [-0.39, 0.29) is 36.0 Å². The maximum atomic E-state index is 6.30. The van der Waals surface area contributed by atoms with Gasteiger partial charge in [0.05, 0.1) is 12.2 Å². The zero-order valence-electron chi connectivity index (χ0n) is 18.9. The van der Waals surface area contributed by atoms with Crippen molar-refractivity contribution in [1.82, 2.24) is 0 Å². The molecule has 7 unspecified atom stereocenters. The van der Waals surface area contributed by atoms with Crippen LogP contribution in [-0.4, -0.2) is 77.6 Å². The molecule has 1 aromatic rings. The van der Waals surface area contributed by atoms with Crippen LogP contribution >= 0.6 is 0 Å². The Labute approximate surface area is 180 Å². The highest BCUT2D eigenvalue weighted by Gasteiger charge is 2.54. The van der Waals surface area contributed by atoms with E-state index in [9.17, 15) is 0 Å². The molecule has 7 atom stereocenters. The zero-order valence-corrected chi connectivity index (χ0v) is 18.9. The molecule has 0 spiro atoms. The Bertz CT molecular complexity index is 642. The average molecular weight is 422 g/mol. The van der Waals surface area contributed by atoms with Crippen molar-refractivity contribution in [3.63, 3.8) is 0 Å². The number of hydrogen-bond donors (Lipinski definition) is 0. The van der Waals surface area contributed by atoms with Crippen LogP contribution in [0.3, 0.4) is 0 Å². The fourth-order valence-corrected chi connectivity index (χ4v) is 3.77. The second kappa shape index (κ2) is 10.5. The van der Waals surface area contributed by atoms with Crippen molar-refractivity contribution < 1.29 is 33.2 Å². The predicted molar refractivity (Wildman–Crippen MR) is 114 cm³/mol. The molecule has 0 N–H and O–H groups in total. The Morgan fingerprint density at radius 1 is 1.03 bits per heavy atom. The van der Waals surface area contributed by atoms with Crippen LogP contribution in [0.1, 0.15) is 39.0 Å². The molecule has 0 aromatic heterocycles. The van der Waals surface area contributed by atoms with Gasteiger partial charge in [-0.05, 0) is 27.2 Å². The maximum Gasteiger partial charge on any atom is 0.186 e. The van der Waals surface area contributed by atoms with Crippen molar-refractivity contribution in [2.45, 2.75) is 75.8 Å². The van der Waals surface area contributed by atoms with Crippen molar-refractivity contribution >= 4 is 7.85 Å². The van der Waals surface area contributed by atoms with Gasteiger partial charge in [-0.15, -0.1) is 0 Å². The lowest BCUT2D eigenvalue weighted by molar-refractivity contribution is -0.298. The van der Waals surface area contributed by atoms with E-state index >= 15 is 0 Å². The predicted octanol–water partition coefficient (Wildman–Crippen LogP) is 2.04. The molecule has 0 aliphatic carbocycles. The van der Waals surface area contributed by atoms with Crippen molar-refractivity contribution in [3.8, 4) is 0 Å². The molecule has 0 amide bonds. The van der Waals surface area contributed by atoms with Crippen LogP contribution in [0.2, 0.25) is 0 Å². The monoisotopic (exact) mass is 422 g/mol. The zero-order chi connectivity index (χ0) is 21.7. The van der Waals surface area contributed by atoms with Gasteiger partial charge in [0.15, 0.2) is 12.6 Å². The van der Waals surface area contributed by atoms with Crippen LogP contribution in [0.15, 0.2) is 30.3 Å². The average Bonchev–Trinajstić information content (AvgIpc) is 3.10. The summed E-state index contributed by atoms with van der Waals surface area (Å²) in [5.41, 5.74) is 0.593. The first-order valence-corrected chi connectivity index (χ1v) is 10.7. The smallest absolute Gasteiger partial charge is 0.186 e. The second-order valence-electron chi connectivity index (χ2n) is 8.66. The molecule has 168 valence electrons. The van der Waals surface area contributed by atoms with E-state index in [4.69, 9.17) is 33.2 Å². The Hall–Kier alpha value is -0.995. The standard InChI is InChI=1S/C22H35BO7/c1-14(23)26-12-11-22(2,3)27-13-16-17-18(19(24-4)21(25-5)29-17)30-20(28-16)15-9-7-6-8-10-15/h6-10,14,16-21H,11-13,23H2,1-5H3. The molecule has 2 fully saturated rings. The van der Waals surface area contributed by atoms with Gasteiger partial charge in [-0.3, -0.25) is 0 Å². The molecule has 0 radical (unpaired) electrons. The van der Waals surface area contributed by atoms with Crippen molar-refractivity contribution in [3.05, 3.63) is 35.9 Å². The third kappa shape index (κ3) is 5.82. The number of ether oxygens (including phenoxy) is 7. The van der Waals surface area contributed by atoms with E-state index in [2.05, 4.69) is 13.8 Å². The summed E-state index contributed by atoms with van der Waals surface area (Å²) in [6.07, 6.45) is -1.58. The van der Waals surface area contributed by atoms with E-state index in [1.165, 1.54) is 0 Å². The SMILES string of the molecule is BC(C)OCCC(C)(C)OCC1OC(c2ccccc2)OC2C1OC(OC)C2OC. The van der Waals surface area contributed by atoms with E-state index in [0.717, 1.165) is 12.0 Å². The first kappa shape index (κ1) is 23.7. The number of hydrogen-bond acceptors (Lipinski definition) is 7. The largest absolute Gasteiger partial charge is 0.387 e. The number of benzene rings is 1. The van der Waals surface area contributed by atoms with Gasteiger partial charge in [0.1, 0.15) is 32.3 Å². The van der Waals surface area contributed by atoms with Gasteiger partial charge in [0.25, 0.3) is 0 Å². The minimum absolute atomic E-state index is 0.204. The number of rotatable bonds is 10. The quantitative estimate of drug-likeness (QED) is 0.535. The molecule has 3 rings (SSSR count). The molecule has 0 bridgehead atoms. The summed E-state index contributed by atoms with van der Waals surface area (Å²) in [6, 6.07) is 10.1. The highest BCUT2D eigenvalue weighted by Crippen LogP contribution is 2.39. The Kier molecular flexibility index (Phi) is 8.32. The van der Waals surface area contributed by atoms with E-state index in [1.807, 2.05) is 45.1 Å². The minimum atomic E-state index is -0.523. The first-order chi connectivity index (χ1) is 14.3. The molecule has 1 aromatic carbocycles. The van der Waals surface area contributed by atoms with Gasteiger partial charge in [-0.1, -0.05) is 30.3 Å². The lowest BCUT2D eigenvalue weighted by Crippen LogP contribution is -2.51. The molecule has 2 heterocycles. The summed E-state index contributed by atoms with van der Waals surface area (Å²) in [7, 11) is 5.28. The van der Waals surface area contributed by atoms with Crippen LogP contribution in [0, 0.1) is 0 Å². The van der Waals surface area contributed by atoms with Gasteiger partial charge in [-0.2, -0.15) is 0 Å². The first-order valence-electron chi connectivity index (χ1n) is 10.7. The molecule has 8 heteroatoms. The normalized spacial score (nSPS) is 32.7. The summed E-state index contributed by atoms with van der Waals surface area (Å²) in [4.78, 5) is 0. The number of methoxy groups -OCH3 is 2. The van der Waals surface area contributed by atoms with Crippen molar-refractivity contribution in [1.29, 1.82) is 0 Å². The second-order valence-corrected chi connectivity index (χ2v) is 8.66. The molecule has 30 heavy (non-hydrogen) atoms. The van der Waals surface area contributed by atoms with E-state index in [0.29, 0.717) is 13.2 Å². The van der Waals surface area contributed by atoms with Gasteiger partial charge >= 0.3 is 0 Å². The lowest BCUT2D eigenvalue weighted by atomic mass is 10.0. The summed E-state index contributed by atoms with van der Waals surface area (Å²) in [5.74, 6) is 0. The van der Waals surface area contributed by atoms with Crippen LogP contribution in [-0.2, 0) is 33.2 Å². The van der Waals surface area contributed by atoms with E-state index in [1.54, 1.807) is 14.2 Å². The molecule has 2 saturated heterocycles. The van der Waals surface area contributed by atoms with Gasteiger partial charge in [-0.25, -0.2) is 0 Å². The van der Waals surface area contributed by atoms with Crippen LogP contribution in [0.5, 0.6) is 0 Å². The molecular formula is C22H35BO7. The summed E-state index contributed by atoms with van der Waals surface area (Å²) in [6.45, 7) is 7.17. The maximum absolute atomic E-state index is 6.30. The Morgan fingerprint density at radius 3 is 2.40 bits per heavy atom. The van der Waals surface area contributed by atoms with Crippen LogP contribution in [0.4, 0.5) is 0 Å². The molecule has 2 aliphatic heterocycles. The fourth-order valence-electron chi connectivity index (χ4n) is 3.77. The molecule has 7 nitrogen and oxygen atoms in total. The summed E-state index contributed by atoms with van der Waals surface area (Å²) >= 11 is 0. The topological polar surface area (TPSA) is 64.6 Å². The van der Waals surface area contributed by atoms with Gasteiger partial charge < -0.3 is 33.2 Å². The van der Waals surface area contributed by atoms with Gasteiger partial charge in [0.2, 0.25) is 0 Å². The van der Waals surface area contributed by atoms with Crippen LogP contribution in [0.25, 0.3) is 0 Å². The molecular weight excluding hydrogens is 387 g/mol. The molecule has 2 aliphatic rings. The number of fused-ring (bicyclic) bond motifs is 1. The minimum Gasteiger partial charge on any atom is -0.387 e. The third-order valence-corrected chi connectivity index (χ3v) is 5.52. The molecule has 0 saturated carbocycles. The fraction of sp³-hybridized carbons (Fsp3) is 0.727. The third-order valence-electron chi connectivity index (χ3n) is 5.52.